The Morgan fingerprint density at radius 1 is 1.60 bits per heavy atom. The minimum absolute atomic E-state index is 0.109. The third kappa shape index (κ3) is 3.64. The summed E-state index contributed by atoms with van der Waals surface area (Å²) in [5, 5.41) is 10.5. The van der Waals surface area contributed by atoms with Crippen molar-refractivity contribution in [1.82, 2.24) is 4.98 Å². The van der Waals surface area contributed by atoms with E-state index in [0.717, 1.165) is 31.5 Å². The van der Waals surface area contributed by atoms with Crippen molar-refractivity contribution >= 4 is 23.3 Å². The molecule has 0 bridgehead atoms. The third-order valence-corrected chi connectivity index (χ3v) is 3.23. The lowest BCUT2D eigenvalue weighted by atomic mass is 10.1. The lowest BCUT2D eigenvalue weighted by Crippen LogP contribution is -2.26. The zero-order valence-electron chi connectivity index (χ0n) is 10.6. The van der Waals surface area contributed by atoms with E-state index in [1.807, 2.05) is 0 Å². The first-order valence-corrected chi connectivity index (χ1v) is 6.54. The highest BCUT2D eigenvalue weighted by molar-refractivity contribution is 6.32. The molecule has 0 amide bonds. The van der Waals surface area contributed by atoms with Crippen LogP contribution in [0.5, 0.6) is 0 Å². The molecule has 7 nitrogen and oxygen atoms in total. The van der Waals surface area contributed by atoms with Crippen LogP contribution < -0.4 is 0 Å². The van der Waals surface area contributed by atoms with E-state index in [2.05, 4.69) is 4.98 Å². The number of esters is 1. The molecule has 2 heterocycles. The van der Waals surface area contributed by atoms with Gasteiger partial charge < -0.3 is 9.47 Å². The number of pyridine rings is 1. The number of hydrogen-bond acceptors (Lipinski definition) is 6. The zero-order valence-corrected chi connectivity index (χ0v) is 11.3. The highest BCUT2D eigenvalue weighted by atomic mass is 35.5. The number of nitrogens with zero attached hydrogens (tertiary/aromatic N) is 2. The standard InChI is InChI=1S/C12H13ClN2O5/c13-11-10(5-8(6-14-11)15(17)18)12(16)20-7-9-3-1-2-4-19-9/h5-6,9H,1-4,7H2. The maximum atomic E-state index is 11.9. The Kier molecular flexibility index (Phi) is 4.86. The van der Waals surface area contributed by atoms with Crippen LogP contribution in [0.4, 0.5) is 5.69 Å². The number of carbonyl (C=O) groups is 1. The van der Waals surface area contributed by atoms with Crippen LogP contribution >= 0.6 is 11.6 Å². The summed E-state index contributed by atoms with van der Waals surface area (Å²) in [5.41, 5.74) is -0.424. The predicted octanol–water partition coefficient (Wildman–Crippen LogP) is 2.37. The molecule has 1 aliphatic heterocycles. The van der Waals surface area contributed by atoms with Gasteiger partial charge in [0, 0.05) is 12.7 Å². The molecule has 8 heteroatoms. The molecule has 20 heavy (non-hydrogen) atoms. The molecule has 2 rings (SSSR count). The molecule has 0 saturated carbocycles. The fourth-order valence-corrected chi connectivity index (χ4v) is 2.05. The van der Waals surface area contributed by atoms with Crippen molar-refractivity contribution in [3.63, 3.8) is 0 Å². The van der Waals surface area contributed by atoms with Crippen LogP contribution in [0.15, 0.2) is 12.3 Å². The van der Waals surface area contributed by atoms with Crippen LogP contribution in [-0.4, -0.2) is 35.2 Å². The van der Waals surface area contributed by atoms with Crippen molar-refractivity contribution in [1.29, 1.82) is 0 Å². The number of halogens is 1. The van der Waals surface area contributed by atoms with E-state index in [0.29, 0.717) is 6.61 Å². The minimum Gasteiger partial charge on any atom is -0.459 e. The van der Waals surface area contributed by atoms with Crippen LogP contribution in [0.1, 0.15) is 29.6 Å². The van der Waals surface area contributed by atoms with Crippen LogP contribution in [0, 0.1) is 10.1 Å². The van der Waals surface area contributed by atoms with Gasteiger partial charge in [-0.25, -0.2) is 9.78 Å². The molecule has 0 radical (unpaired) electrons. The van der Waals surface area contributed by atoms with Crippen molar-refractivity contribution in [2.45, 2.75) is 25.4 Å². The highest BCUT2D eigenvalue weighted by Gasteiger charge is 2.21. The summed E-state index contributed by atoms with van der Waals surface area (Å²) in [6.07, 6.45) is 3.72. The van der Waals surface area contributed by atoms with Crippen LogP contribution in [0.25, 0.3) is 0 Å². The molecule has 0 N–H and O–H groups in total. The van der Waals surface area contributed by atoms with E-state index in [1.165, 1.54) is 0 Å². The Bertz CT molecular complexity index is 517. The molecule has 1 atom stereocenters. The Morgan fingerprint density at radius 3 is 3.05 bits per heavy atom. The van der Waals surface area contributed by atoms with Crippen molar-refractivity contribution in [2.24, 2.45) is 0 Å². The normalized spacial score (nSPS) is 18.6. The molecule has 1 fully saturated rings. The topological polar surface area (TPSA) is 91.6 Å². The summed E-state index contributed by atoms with van der Waals surface area (Å²) < 4.78 is 10.5. The maximum Gasteiger partial charge on any atom is 0.341 e. The fourth-order valence-electron chi connectivity index (χ4n) is 1.87. The van der Waals surface area contributed by atoms with Gasteiger partial charge in [0.15, 0.2) is 0 Å². The molecule has 1 saturated heterocycles. The van der Waals surface area contributed by atoms with E-state index in [4.69, 9.17) is 21.1 Å². The van der Waals surface area contributed by atoms with E-state index >= 15 is 0 Å². The van der Waals surface area contributed by atoms with E-state index in [1.54, 1.807) is 0 Å². The molecule has 0 spiro atoms. The van der Waals surface area contributed by atoms with Crippen molar-refractivity contribution < 1.29 is 19.2 Å². The van der Waals surface area contributed by atoms with Gasteiger partial charge in [-0.05, 0) is 19.3 Å². The summed E-state index contributed by atoms with van der Waals surface area (Å²) in [5.74, 6) is -0.736. The molecule has 1 aromatic rings. The van der Waals surface area contributed by atoms with Crippen LogP contribution in [0.2, 0.25) is 5.15 Å². The van der Waals surface area contributed by atoms with Gasteiger partial charge in [-0.3, -0.25) is 10.1 Å². The summed E-state index contributed by atoms with van der Waals surface area (Å²) in [6.45, 7) is 0.763. The fraction of sp³-hybridized carbons (Fsp3) is 0.500. The molecule has 0 aromatic carbocycles. The molecule has 108 valence electrons. The van der Waals surface area contributed by atoms with Crippen LogP contribution in [0.3, 0.4) is 0 Å². The SMILES string of the molecule is O=C(OCC1CCCCO1)c1cc([N+](=O)[O-])cnc1Cl. The lowest BCUT2D eigenvalue weighted by Gasteiger charge is -2.22. The van der Waals surface area contributed by atoms with Gasteiger partial charge in [0.1, 0.15) is 23.5 Å². The second kappa shape index (κ2) is 6.62. The lowest BCUT2D eigenvalue weighted by molar-refractivity contribution is -0.385. The van der Waals surface area contributed by atoms with Crippen molar-refractivity contribution in [2.75, 3.05) is 13.2 Å². The van der Waals surface area contributed by atoms with Gasteiger partial charge >= 0.3 is 5.97 Å². The molecule has 0 aliphatic carbocycles. The first-order chi connectivity index (χ1) is 9.58. The number of carbonyl (C=O) groups excluding carboxylic acids is 1. The van der Waals surface area contributed by atoms with Gasteiger partial charge in [0.2, 0.25) is 0 Å². The summed E-state index contributed by atoms with van der Waals surface area (Å²) in [6, 6.07) is 1.05. The molecule has 1 aromatic heterocycles. The number of nitro groups is 1. The first kappa shape index (κ1) is 14.7. The second-order valence-corrected chi connectivity index (χ2v) is 4.73. The largest absolute Gasteiger partial charge is 0.459 e. The summed E-state index contributed by atoms with van der Waals surface area (Å²) in [7, 11) is 0. The maximum absolute atomic E-state index is 11.9. The van der Waals surface area contributed by atoms with Gasteiger partial charge in [0.05, 0.1) is 11.0 Å². The van der Waals surface area contributed by atoms with E-state index in [-0.39, 0.29) is 29.1 Å². The van der Waals surface area contributed by atoms with Gasteiger partial charge in [-0.2, -0.15) is 0 Å². The Balaban J connectivity index is 2.00. The smallest absolute Gasteiger partial charge is 0.341 e. The number of aromatic nitrogens is 1. The van der Waals surface area contributed by atoms with Crippen molar-refractivity contribution in [3.8, 4) is 0 Å². The first-order valence-electron chi connectivity index (χ1n) is 6.16. The summed E-state index contributed by atoms with van der Waals surface area (Å²) >= 11 is 5.75. The Labute approximate surface area is 120 Å². The second-order valence-electron chi connectivity index (χ2n) is 4.38. The predicted molar refractivity (Wildman–Crippen MR) is 69.8 cm³/mol. The average molecular weight is 301 g/mol. The monoisotopic (exact) mass is 300 g/mol. The zero-order chi connectivity index (χ0) is 14.5. The highest BCUT2D eigenvalue weighted by Crippen LogP contribution is 2.20. The number of rotatable bonds is 4. The van der Waals surface area contributed by atoms with Crippen molar-refractivity contribution in [3.05, 3.63) is 33.1 Å². The molecule has 1 unspecified atom stereocenters. The quantitative estimate of drug-likeness (QED) is 0.367. The minimum atomic E-state index is -0.736. The molecular formula is C12H13ClN2O5. The molecule has 1 aliphatic rings. The van der Waals surface area contributed by atoms with Gasteiger partial charge in [0.25, 0.3) is 5.69 Å². The Hall–Kier alpha value is -1.73. The Morgan fingerprint density at radius 2 is 2.40 bits per heavy atom. The third-order valence-electron chi connectivity index (χ3n) is 2.93. The van der Waals surface area contributed by atoms with Gasteiger partial charge in [-0.1, -0.05) is 11.6 Å². The van der Waals surface area contributed by atoms with E-state index in [9.17, 15) is 14.9 Å². The average Bonchev–Trinajstić information content (AvgIpc) is 2.46. The van der Waals surface area contributed by atoms with Gasteiger partial charge in [-0.15, -0.1) is 0 Å². The number of hydrogen-bond donors (Lipinski definition) is 0. The summed E-state index contributed by atoms with van der Waals surface area (Å²) in [4.78, 5) is 25.5. The van der Waals surface area contributed by atoms with Crippen LogP contribution in [-0.2, 0) is 9.47 Å². The number of ether oxygens (including phenoxy) is 2. The van der Waals surface area contributed by atoms with E-state index < -0.39 is 10.9 Å². The molecular weight excluding hydrogens is 288 g/mol.